The zero-order valence-electron chi connectivity index (χ0n) is 22.2. The van der Waals surface area contributed by atoms with E-state index in [4.69, 9.17) is 9.62 Å². The van der Waals surface area contributed by atoms with Crippen LogP contribution in [0.1, 0.15) is 32.1 Å². The van der Waals surface area contributed by atoms with E-state index in [2.05, 4.69) is 38.5 Å². The second-order valence-electron chi connectivity index (χ2n) is 10.7. The van der Waals surface area contributed by atoms with E-state index < -0.39 is 0 Å². The van der Waals surface area contributed by atoms with Crippen LogP contribution in [0.15, 0.2) is 82.5 Å². The number of hydrogen-bond donors (Lipinski definition) is 1. The van der Waals surface area contributed by atoms with Crippen LogP contribution < -0.4 is 5.32 Å². The predicted molar refractivity (Wildman–Crippen MR) is 154 cm³/mol. The molecule has 0 aliphatic heterocycles. The third-order valence-electron chi connectivity index (χ3n) is 6.63. The number of nitrogens with zero attached hydrogens (tertiary/aromatic N) is 5. The molecule has 0 saturated carbocycles. The average Bonchev–Trinajstić information content (AvgIpc) is 3.70. The summed E-state index contributed by atoms with van der Waals surface area (Å²) in [6.45, 7) is 6.11. The first-order valence-electron chi connectivity index (χ1n) is 12.6. The van der Waals surface area contributed by atoms with Gasteiger partial charge in [0.2, 0.25) is 5.91 Å². The van der Waals surface area contributed by atoms with E-state index in [1.54, 1.807) is 22.1 Å². The third-order valence-corrected chi connectivity index (χ3v) is 7.31. The molecule has 0 radical (unpaired) electrons. The quantitative estimate of drug-likeness (QED) is 0.259. The molecule has 0 bridgehead atoms. The van der Waals surface area contributed by atoms with Gasteiger partial charge in [-0.05, 0) is 39.6 Å². The number of thiophene rings is 1. The first kappa shape index (κ1) is 24.8. The lowest BCUT2D eigenvalue weighted by Crippen LogP contribution is -2.14. The van der Waals surface area contributed by atoms with Crippen LogP contribution >= 0.6 is 11.3 Å². The molecule has 39 heavy (non-hydrogen) atoms. The minimum absolute atomic E-state index is 0.143. The van der Waals surface area contributed by atoms with Crippen LogP contribution in [-0.4, -0.2) is 30.5 Å². The molecule has 0 unspecified atom stereocenters. The Hall–Kier alpha value is -4.50. The average molecular weight is 537 g/mol. The number of anilines is 1. The van der Waals surface area contributed by atoms with Gasteiger partial charge in [-0.25, -0.2) is 4.52 Å². The van der Waals surface area contributed by atoms with Crippen molar-refractivity contribution < 1.29 is 9.32 Å². The maximum absolute atomic E-state index is 12.6. The summed E-state index contributed by atoms with van der Waals surface area (Å²) in [6, 6.07) is 14.2. The normalized spacial score (nSPS) is 11.8. The van der Waals surface area contributed by atoms with Gasteiger partial charge < -0.3 is 9.84 Å². The van der Waals surface area contributed by atoms with E-state index in [1.807, 2.05) is 81.4 Å². The maximum Gasteiger partial charge on any atom is 0.230 e. The van der Waals surface area contributed by atoms with Crippen LogP contribution in [0.25, 0.3) is 38.9 Å². The van der Waals surface area contributed by atoms with E-state index in [0.29, 0.717) is 5.82 Å². The van der Waals surface area contributed by atoms with Crippen LogP contribution in [0.3, 0.4) is 0 Å². The number of nitrogens with one attached hydrogen (secondary N) is 1. The van der Waals surface area contributed by atoms with Gasteiger partial charge >= 0.3 is 0 Å². The SMILES string of the molecule is Cn1cc(-c2cc(-c3ccsc3)c3c(-c4ccc(CC(=O)Nc5cc(C(C)(C)C)on5)cc4)cnn3c2)cn1. The van der Waals surface area contributed by atoms with E-state index >= 15 is 0 Å². The highest BCUT2D eigenvalue weighted by atomic mass is 32.1. The van der Waals surface area contributed by atoms with Gasteiger partial charge in [0.1, 0.15) is 5.76 Å². The first-order chi connectivity index (χ1) is 18.7. The highest BCUT2D eigenvalue weighted by Gasteiger charge is 2.20. The van der Waals surface area contributed by atoms with Crippen molar-refractivity contribution >= 4 is 28.6 Å². The number of hydrogen-bond acceptors (Lipinski definition) is 6. The first-order valence-corrected chi connectivity index (χ1v) is 13.6. The molecule has 5 heterocycles. The standard InChI is InChI=1S/C30H28N6O2S/c1-30(2,3)26-13-27(34-38-26)33-28(37)11-19-5-7-20(8-6-19)25-15-32-36-17-22(23-14-31-35(4)16-23)12-24(29(25)36)21-9-10-39-18-21/h5-10,12-18H,11H2,1-4H3,(H,33,34,37). The molecule has 0 fully saturated rings. The molecule has 8 nitrogen and oxygen atoms in total. The number of aryl methyl sites for hydroxylation is 1. The number of rotatable bonds is 6. The number of aromatic nitrogens is 5. The van der Waals surface area contributed by atoms with Crippen molar-refractivity contribution in [1.82, 2.24) is 24.6 Å². The largest absolute Gasteiger partial charge is 0.359 e. The van der Waals surface area contributed by atoms with Crippen molar-refractivity contribution in [3.63, 3.8) is 0 Å². The molecule has 5 aromatic heterocycles. The second kappa shape index (κ2) is 9.67. The highest BCUT2D eigenvalue weighted by Crippen LogP contribution is 2.36. The molecule has 0 aliphatic rings. The summed E-state index contributed by atoms with van der Waals surface area (Å²) < 4.78 is 9.11. The monoisotopic (exact) mass is 536 g/mol. The number of fused-ring (bicyclic) bond motifs is 1. The van der Waals surface area contributed by atoms with Gasteiger partial charge in [0.15, 0.2) is 5.82 Å². The Morgan fingerprint density at radius 2 is 1.77 bits per heavy atom. The smallest absolute Gasteiger partial charge is 0.230 e. The van der Waals surface area contributed by atoms with E-state index in [9.17, 15) is 4.79 Å². The van der Waals surface area contributed by atoms with Gasteiger partial charge in [-0.15, -0.1) is 0 Å². The van der Waals surface area contributed by atoms with E-state index in [-0.39, 0.29) is 17.7 Å². The van der Waals surface area contributed by atoms with Crippen LogP contribution in [-0.2, 0) is 23.7 Å². The van der Waals surface area contributed by atoms with Crippen molar-refractivity contribution in [2.24, 2.45) is 7.05 Å². The fourth-order valence-corrected chi connectivity index (χ4v) is 5.22. The van der Waals surface area contributed by atoms with Gasteiger partial charge in [-0.3, -0.25) is 9.48 Å². The highest BCUT2D eigenvalue weighted by molar-refractivity contribution is 7.08. The molecule has 0 aliphatic carbocycles. The zero-order valence-corrected chi connectivity index (χ0v) is 23.0. The topological polar surface area (TPSA) is 90.2 Å². The number of benzene rings is 1. The van der Waals surface area contributed by atoms with Crippen molar-refractivity contribution in [2.45, 2.75) is 32.6 Å². The Balaban J connectivity index is 1.28. The predicted octanol–water partition coefficient (Wildman–Crippen LogP) is 6.60. The van der Waals surface area contributed by atoms with Crippen LogP contribution in [0, 0.1) is 0 Å². The van der Waals surface area contributed by atoms with Crippen molar-refractivity contribution in [2.75, 3.05) is 5.32 Å². The summed E-state index contributed by atoms with van der Waals surface area (Å²) in [5.74, 6) is 1.01. The maximum atomic E-state index is 12.6. The zero-order chi connectivity index (χ0) is 27.1. The minimum Gasteiger partial charge on any atom is -0.359 e. The van der Waals surface area contributed by atoms with Gasteiger partial charge in [0, 0.05) is 53.2 Å². The number of pyridine rings is 1. The molecule has 1 aromatic carbocycles. The van der Waals surface area contributed by atoms with Gasteiger partial charge in [0.25, 0.3) is 0 Å². The van der Waals surface area contributed by atoms with Crippen molar-refractivity contribution in [3.8, 4) is 33.4 Å². The van der Waals surface area contributed by atoms with Crippen molar-refractivity contribution in [1.29, 1.82) is 0 Å². The van der Waals surface area contributed by atoms with Crippen LogP contribution in [0.4, 0.5) is 5.82 Å². The molecule has 0 atom stereocenters. The lowest BCUT2D eigenvalue weighted by molar-refractivity contribution is -0.115. The summed E-state index contributed by atoms with van der Waals surface area (Å²) in [5, 5.41) is 20.1. The Bertz CT molecular complexity index is 1770. The van der Waals surface area contributed by atoms with Gasteiger partial charge in [-0.1, -0.05) is 50.2 Å². The Labute approximate surface area is 229 Å². The van der Waals surface area contributed by atoms with E-state index in [1.165, 1.54) is 0 Å². The Kier molecular flexibility index (Phi) is 6.15. The molecule has 0 saturated heterocycles. The molecular weight excluding hydrogens is 508 g/mol. The molecule has 0 spiro atoms. The second-order valence-corrected chi connectivity index (χ2v) is 11.4. The number of carbonyl (C=O) groups is 1. The number of carbonyl (C=O) groups excluding carboxylic acids is 1. The summed E-state index contributed by atoms with van der Waals surface area (Å²) in [7, 11) is 1.91. The molecule has 196 valence electrons. The summed E-state index contributed by atoms with van der Waals surface area (Å²) >= 11 is 1.67. The molecule has 6 aromatic rings. The molecule has 1 amide bonds. The summed E-state index contributed by atoms with van der Waals surface area (Å²) in [4.78, 5) is 12.6. The van der Waals surface area contributed by atoms with Gasteiger partial charge in [-0.2, -0.15) is 21.5 Å². The molecule has 6 rings (SSSR count). The lowest BCUT2D eigenvalue weighted by Gasteiger charge is -2.12. The van der Waals surface area contributed by atoms with Crippen molar-refractivity contribution in [3.05, 3.63) is 89.3 Å². The Morgan fingerprint density at radius 3 is 2.44 bits per heavy atom. The van der Waals surface area contributed by atoms with Crippen LogP contribution in [0.5, 0.6) is 0 Å². The fraction of sp³-hybridized carbons (Fsp3) is 0.200. The summed E-state index contributed by atoms with van der Waals surface area (Å²) in [6.07, 6.45) is 8.05. The Morgan fingerprint density at radius 1 is 0.949 bits per heavy atom. The minimum atomic E-state index is -0.173. The molecule has 9 heteroatoms. The van der Waals surface area contributed by atoms with Crippen LogP contribution in [0.2, 0.25) is 0 Å². The third kappa shape index (κ3) is 5.00. The summed E-state index contributed by atoms with van der Waals surface area (Å²) in [5.41, 5.74) is 8.17. The molecule has 1 N–H and O–H groups in total. The van der Waals surface area contributed by atoms with Gasteiger partial charge in [0.05, 0.1) is 24.3 Å². The fourth-order valence-electron chi connectivity index (χ4n) is 4.56. The van der Waals surface area contributed by atoms with E-state index in [0.717, 1.165) is 50.2 Å². The number of amides is 1. The molecular formula is C30H28N6O2S. The lowest BCUT2D eigenvalue weighted by atomic mass is 9.93.